The number of halogens is 1. The molecule has 0 spiro atoms. The first-order valence-corrected chi connectivity index (χ1v) is 10.3. The first-order valence-electron chi connectivity index (χ1n) is 10.3. The Morgan fingerprint density at radius 3 is 2.52 bits per heavy atom. The Bertz CT molecular complexity index is 1170. The highest BCUT2D eigenvalue weighted by atomic mass is 19.1. The number of ketones is 1. The van der Waals surface area contributed by atoms with Crippen molar-refractivity contribution >= 4 is 28.1 Å². The van der Waals surface area contributed by atoms with Gasteiger partial charge in [-0.25, -0.2) is 4.39 Å². The van der Waals surface area contributed by atoms with Crippen LogP contribution < -0.4 is 21.2 Å². The summed E-state index contributed by atoms with van der Waals surface area (Å²) in [5, 5.41) is 3.06. The molecule has 0 radical (unpaired) electrons. The molecule has 2 aromatic carbocycles. The topological polar surface area (TPSA) is 86.3 Å². The van der Waals surface area contributed by atoms with Gasteiger partial charge in [-0.1, -0.05) is 30.3 Å². The lowest BCUT2D eigenvalue weighted by Gasteiger charge is -2.22. The molecule has 0 fully saturated rings. The molecule has 0 aliphatic heterocycles. The molecule has 3 N–H and O–H groups in total. The van der Waals surface area contributed by atoms with Gasteiger partial charge in [0.05, 0.1) is 29.3 Å². The second-order valence-corrected chi connectivity index (χ2v) is 7.80. The summed E-state index contributed by atoms with van der Waals surface area (Å²) in [7, 11) is 1.42. The van der Waals surface area contributed by atoms with Gasteiger partial charge in [-0.05, 0) is 39.2 Å². The number of nitrogen functional groups attached to an aromatic ring is 1. The number of carbonyl (C=O) groups excluding carboxylic acids is 1. The molecule has 0 bridgehead atoms. The largest absolute Gasteiger partial charge is 0.492 e. The number of ether oxygens (including phenoxy) is 1. The summed E-state index contributed by atoms with van der Waals surface area (Å²) in [5.41, 5.74) is 6.85. The molecule has 0 aliphatic rings. The quantitative estimate of drug-likeness (QED) is 0.314. The average Bonchev–Trinajstić information content (AvgIpc) is 2.74. The highest BCUT2D eigenvalue weighted by molar-refractivity contribution is 6.04. The fraction of sp³-hybridized carbons (Fsp3) is 0.333. The van der Waals surface area contributed by atoms with Gasteiger partial charge < -0.3 is 20.4 Å². The van der Waals surface area contributed by atoms with Crippen LogP contribution >= 0.6 is 0 Å². The van der Waals surface area contributed by atoms with E-state index in [1.807, 2.05) is 44.2 Å². The Kier molecular flexibility index (Phi) is 6.63. The minimum atomic E-state index is -0.753. The predicted octanol–water partition coefficient (Wildman–Crippen LogP) is 4.56. The predicted molar refractivity (Wildman–Crippen MR) is 123 cm³/mol. The van der Waals surface area contributed by atoms with Gasteiger partial charge in [0, 0.05) is 18.8 Å². The normalized spacial score (nSPS) is 11.2. The van der Waals surface area contributed by atoms with E-state index >= 15 is 4.39 Å². The summed E-state index contributed by atoms with van der Waals surface area (Å²) in [6.07, 6.45) is 3.10. The van der Waals surface area contributed by atoms with Crippen LogP contribution in [0.2, 0.25) is 0 Å². The lowest BCUT2D eigenvalue weighted by Crippen LogP contribution is -2.21. The fourth-order valence-electron chi connectivity index (χ4n) is 3.74. The van der Waals surface area contributed by atoms with Crippen molar-refractivity contribution in [1.29, 1.82) is 0 Å². The number of Topliss-reactive ketones (excluding diaryl/α,β-unsaturated/α-hetero) is 1. The molecule has 0 atom stereocenters. The van der Waals surface area contributed by atoms with E-state index in [1.165, 1.54) is 25.8 Å². The van der Waals surface area contributed by atoms with Gasteiger partial charge in [-0.15, -0.1) is 0 Å². The standard InChI is InChI=1S/C24H28FN3O3/c1-14(2)28-13-17(15(3)29)23(30)18-20(26)19(25)21(24(31-4)22(18)28)27-12-8-11-16-9-6-5-7-10-16/h5-7,9-10,13-14,27H,8,11-12,26H2,1-4H3. The molecule has 3 rings (SSSR count). The van der Waals surface area contributed by atoms with E-state index in [9.17, 15) is 9.59 Å². The third kappa shape index (κ3) is 4.26. The van der Waals surface area contributed by atoms with Gasteiger partial charge in [0.1, 0.15) is 5.69 Å². The molecule has 0 aliphatic carbocycles. The van der Waals surface area contributed by atoms with Crippen LogP contribution in [0.15, 0.2) is 41.3 Å². The van der Waals surface area contributed by atoms with E-state index in [2.05, 4.69) is 5.32 Å². The number of aryl methyl sites for hydroxylation is 1. The van der Waals surface area contributed by atoms with Gasteiger partial charge in [-0.2, -0.15) is 0 Å². The van der Waals surface area contributed by atoms with Gasteiger partial charge >= 0.3 is 0 Å². The average molecular weight is 426 g/mol. The maximum Gasteiger partial charge on any atom is 0.202 e. The zero-order valence-corrected chi connectivity index (χ0v) is 18.3. The molecule has 164 valence electrons. The van der Waals surface area contributed by atoms with E-state index in [0.29, 0.717) is 12.1 Å². The lowest BCUT2D eigenvalue weighted by atomic mass is 10.0. The Hall–Kier alpha value is -3.35. The number of carbonyl (C=O) groups is 1. The molecule has 0 unspecified atom stereocenters. The number of nitrogens with zero attached hydrogens (tertiary/aromatic N) is 1. The Morgan fingerprint density at radius 2 is 1.94 bits per heavy atom. The van der Waals surface area contributed by atoms with Crippen LogP contribution in [0.25, 0.3) is 10.9 Å². The van der Waals surface area contributed by atoms with Crippen LogP contribution in [-0.2, 0) is 6.42 Å². The summed E-state index contributed by atoms with van der Waals surface area (Å²) >= 11 is 0. The summed E-state index contributed by atoms with van der Waals surface area (Å²) in [5.74, 6) is -0.956. The van der Waals surface area contributed by atoms with Crippen LogP contribution in [-0.4, -0.2) is 24.0 Å². The number of benzene rings is 2. The number of rotatable bonds is 8. The highest BCUT2D eigenvalue weighted by Crippen LogP contribution is 2.40. The van der Waals surface area contributed by atoms with Crippen molar-refractivity contribution in [1.82, 2.24) is 4.57 Å². The molecule has 0 saturated carbocycles. The van der Waals surface area contributed by atoms with Gasteiger partial charge in [-0.3, -0.25) is 9.59 Å². The molecule has 1 aromatic heterocycles. The van der Waals surface area contributed by atoms with Gasteiger partial charge in [0.25, 0.3) is 0 Å². The van der Waals surface area contributed by atoms with E-state index in [1.54, 1.807) is 4.57 Å². The molecule has 7 heteroatoms. The number of nitrogens with two attached hydrogens (primary N) is 1. The summed E-state index contributed by atoms with van der Waals surface area (Å²) in [6, 6.07) is 9.90. The minimum absolute atomic E-state index is 0.0297. The molecular formula is C24H28FN3O3. The van der Waals surface area contributed by atoms with Crippen molar-refractivity contribution in [3.8, 4) is 5.75 Å². The molecule has 1 heterocycles. The zero-order valence-electron chi connectivity index (χ0n) is 18.3. The highest BCUT2D eigenvalue weighted by Gasteiger charge is 2.26. The third-order valence-corrected chi connectivity index (χ3v) is 5.33. The Labute approximate surface area is 180 Å². The van der Waals surface area contributed by atoms with Crippen molar-refractivity contribution in [3.63, 3.8) is 0 Å². The first kappa shape index (κ1) is 22.3. The number of fused-ring (bicyclic) bond motifs is 1. The fourth-order valence-corrected chi connectivity index (χ4v) is 3.74. The van der Waals surface area contributed by atoms with Crippen molar-refractivity contribution in [2.24, 2.45) is 0 Å². The smallest absolute Gasteiger partial charge is 0.202 e. The molecule has 0 saturated heterocycles. The SMILES string of the molecule is COc1c(NCCCc2ccccc2)c(F)c(N)c2c(=O)c(C(C)=O)cn(C(C)C)c12. The summed E-state index contributed by atoms with van der Waals surface area (Å²) < 4.78 is 22.6. The van der Waals surface area contributed by atoms with E-state index in [4.69, 9.17) is 10.5 Å². The van der Waals surface area contributed by atoms with E-state index < -0.39 is 17.0 Å². The molecule has 3 aromatic rings. The molecule has 0 amide bonds. The number of methoxy groups -OCH3 is 1. The van der Waals surface area contributed by atoms with E-state index in [0.717, 1.165) is 12.8 Å². The summed E-state index contributed by atoms with van der Waals surface area (Å²) in [4.78, 5) is 25.0. The number of pyridine rings is 1. The maximum atomic E-state index is 15.3. The van der Waals surface area contributed by atoms with Gasteiger partial charge in [0.15, 0.2) is 17.3 Å². The van der Waals surface area contributed by atoms with Crippen LogP contribution in [0.4, 0.5) is 15.8 Å². The Balaban J connectivity index is 2.09. The van der Waals surface area contributed by atoms with E-state index in [-0.39, 0.29) is 34.1 Å². The second-order valence-electron chi connectivity index (χ2n) is 7.80. The third-order valence-electron chi connectivity index (χ3n) is 5.33. The number of aromatic nitrogens is 1. The Morgan fingerprint density at radius 1 is 1.26 bits per heavy atom. The molecule has 6 nitrogen and oxygen atoms in total. The number of anilines is 2. The monoisotopic (exact) mass is 425 g/mol. The van der Waals surface area contributed by atoms with Crippen molar-refractivity contribution in [2.45, 2.75) is 39.7 Å². The zero-order chi connectivity index (χ0) is 22.7. The lowest BCUT2D eigenvalue weighted by molar-refractivity contribution is 0.101. The number of nitrogens with one attached hydrogen (secondary N) is 1. The van der Waals surface area contributed by atoms with Crippen LogP contribution in [0.3, 0.4) is 0 Å². The molecular weight excluding hydrogens is 397 g/mol. The van der Waals surface area contributed by atoms with Crippen LogP contribution in [0, 0.1) is 5.82 Å². The summed E-state index contributed by atoms with van der Waals surface area (Å²) in [6.45, 7) is 5.60. The van der Waals surface area contributed by atoms with Gasteiger partial charge in [0.2, 0.25) is 5.43 Å². The van der Waals surface area contributed by atoms with Crippen LogP contribution in [0.1, 0.15) is 49.2 Å². The van der Waals surface area contributed by atoms with Crippen molar-refractivity contribution in [2.75, 3.05) is 24.7 Å². The van der Waals surface area contributed by atoms with Crippen molar-refractivity contribution in [3.05, 3.63) is 63.7 Å². The second kappa shape index (κ2) is 9.20. The van der Waals surface area contributed by atoms with Crippen molar-refractivity contribution < 1.29 is 13.9 Å². The number of hydrogen-bond acceptors (Lipinski definition) is 5. The minimum Gasteiger partial charge on any atom is -0.492 e. The first-order chi connectivity index (χ1) is 14.8. The number of hydrogen-bond donors (Lipinski definition) is 2. The van der Waals surface area contributed by atoms with Crippen LogP contribution in [0.5, 0.6) is 5.75 Å². The maximum absolute atomic E-state index is 15.3. The molecule has 31 heavy (non-hydrogen) atoms.